The highest BCUT2D eigenvalue weighted by molar-refractivity contribution is 5.94. The lowest BCUT2D eigenvalue weighted by atomic mass is 10.1. The quantitative estimate of drug-likeness (QED) is 0.733. The molecule has 2 heterocycles. The van der Waals surface area contributed by atoms with E-state index in [0.29, 0.717) is 25.3 Å². The molecule has 1 aromatic heterocycles. The smallest absolute Gasteiger partial charge is 0.254 e. The lowest BCUT2D eigenvalue weighted by Gasteiger charge is -2.35. The lowest BCUT2D eigenvalue weighted by molar-refractivity contribution is -0.00282. The molecule has 0 spiro atoms. The first-order valence-electron chi connectivity index (χ1n) is 5.72. The Balaban J connectivity index is 2.18. The molecule has 1 aliphatic heterocycles. The predicted molar refractivity (Wildman–Crippen MR) is 60.1 cm³/mol. The summed E-state index contributed by atoms with van der Waals surface area (Å²) in [5.74, 6) is -0.779. The standard InChI is InChI=1S/C12H15FN2O2/c1-2-10-8-17-6-5-15(10)12(16)9-3-4-14-11(13)7-9/h3-4,7,10H,2,5-6,8H2,1H3. The zero-order chi connectivity index (χ0) is 12.3. The van der Waals surface area contributed by atoms with Gasteiger partial charge in [0.25, 0.3) is 5.91 Å². The van der Waals surface area contributed by atoms with Crippen LogP contribution in [0, 0.1) is 5.95 Å². The molecule has 0 saturated carbocycles. The average Bonchev–Trinajstić information content (AvgIpc) is 2.38. The van der Waals surface area contributed by atoms with Crippen LogP contribution in [0.3, 0.4) is 0 Å². The molecule has 0 aliphatic carbocycles. The maximum absolute atomic E-state index is 13.0. The molecular formula is C12H15FN2O2. The number of halogens is 1. The second kappa shape index (κ2) is 5.23. The lowest BCUT2D eigenvalue weighted by Crippen LogP contribution is -2.48. The number of carbonyl (C=O) groups is 1. The first-order chi connectivity index (χ1) is 8.22. The number of amides is 1. The summed E-state index contributed by atoms with van der Waals surface area (Å²) in [5.41, 5.74) is 0.345. The highest BCUT2D eigenvalue weighted by Crippen LogP contribution is 2.14. The van der Waals surface area contributed by atoms with Gasteiger partial charge in [0.2, 0.25) is 5.95 Å². The molecule has 5 heteroatoms. The van der Waals surface area contributed by atoms with Gasteiger partial charge < -0.3 is 9.64 Å². The number of aromatic nitrogens is 1. The third kappa shape index (κ3) is 2.61. The van der Waals surface area contributed by atoms with E-state index in [-0.39, 0.29) is 11.9 Å². The van der Waals surface area contributed by atoms with Crippen molar-refractivity contribution in [3.05, 3.63) is 29.8 Å². The first-order valence-corrected chi connectivity index (χ1v) is 5.72. The van der Waals surface area contributed by atoms with Crippen molar-refractivity contribution in [1.29, 1.82) is 0 Å². The Kier molecular flexibility index (Phi) is 3.68. The van der Waals surface area contributed by atoms with E-state index in [1.807, 2.05) is 6.92 Å². The molecular weight excluding hydrogens is 223 g/mol. The maximum Gasteiger partial charge on any atom is 0.254 e. The van der Waals surface area contributed by atoms with Crippen LogP contribution in [0.25, 0.3) is 0 Å². The van der Waals surface area contributed by atoms with Crippen molar-refractivity contribution in [2.45, 2.75) is 19.4 Å². The Morgan fingerprint density at radius 2 is 2.53 bits per heavy atom. The Labute approximate surface area is 99.4 Å². The van der Waals surface area contributed by atoms with Crippen molar-refractivity contribution in [2.75, 3.05) is 19.8 Å². The summed E-state index contributed by atoms with van der Waals surface area (Å²) in [7, 11) is 0. The van der Waals surface area contributed by atoms with Crippen LogP contribution in [0.1, 0.15) is 23.7 Å². The van der Waals surface area contributed by atoms with Crippen LogP contribution in [-0.2, 0) is 4.74 Å². The van der Waals surface area contributed by atoms with E-state index in [1.165, 1.54) is 18.3 Å². The van der Waals surface area contributed by atoms with Crippen molar-refractivity contribution in [1.82, 2.24) is 9.88 Å². The van der Waals surface area contributed by atoms with Crippen molar-refractivity contribution in [2.24, 2.45) is 0 Å². The van der Waals surface area contributed by atoms with Crippen LogP contribution in [0.4, 0.5) is 4.39 Å². The van der Waals surface area contributed by atoms with E-state index in [9.17, 15) is 9.18 Å². The summed E-state index contributed by atoms with van der Waals surface area (Å²) in [6.45, 7) is 3.65. The summed E-state index contributed by atoms with van der Waals surface area (Å²) in [6.07, 6.45) is 2.14. The molecule has 4 nitrogen and oxygen atoms in total. The second-order valence-corrected chi connectivity index (χ2v) is 4.00. The molecule has 17 heavy (non-hydrogen) atoms. The Bertz CT molecular complexity index is 411. The Hall–Kier alpha value is -1.49. The van der Waals surface area contributed by atoms with Crippen molar-refractivity contribution in [3.8, 4) is 0 Å². The van der Waals surface area contributed by atoms with Crippen LogP contribution in [0.5, 0.6) is 0 Å². The monoisotopic (exact) mass is 238 g/mol. The highest BCUT2D eigenvalue weighted by Gasteiger charge is 2.26. The minimum absolute atomic E-state index is 0.0764. The Morgan fingerprint density at radius 3 is 3.24 bits per heavy atom. The number of ether oxygens (including phenoxy) is 1. The van der Waals surface area contributed by atoms with Gasteiger partial charge in [-0.3, -0.25) is 4.79 Å². The highest BCUT2D eigenvalue weighted by atomic mass is 19.1. The van der Waals surface area contributed by atoms with Gasteiger partial charge in [0, 0.05) is 24.4 Å². The van der Waals surface area contributed by atoms with Crippen molar-refractivity contribution in [3.63, 3.8) is 0 Å². The van der Waals surface area contributed by atoms with Gasteiger partial charge in [-0.05, 0) is 12.5 Å². The minimum atomic E-state index is -0.628. The van der Waals surface area contributed by atoms with Crippen LogP contribution in [0.2, 0.25) is 0 Å². The van der Waals surface area contributed by atoms with Gasteiger partial charge in [-0.15, -0.1) is 0 Å². The van der Waals surface area contributed by atoms with Gasteiger partial charge in [-0.25, -0.2) is 4.98 Å². The van der Waals surface area contributed by atoms with Crippen molar-refractivity contribution >= 4 is 5.91 Å². The van der Waals surface area contributed by atoms with Crippen LogP contribution in [-0.4, -0.2) is 41.6 Å². The first kappa shape index (κ1) is 12.0. The van der Waals surface area contributed by atoms with Gasteiger partial charge in [0.05, 0.1) is 19.3 Å². The topological polar surface area (TPSA) is 42.4 Å². The fraction of sp³-hybridized carbons (Fsp3) is 0.500. The van der Waals surface area contributed by atoms with Crippen LogP contribution >= 0.6 is 0 Å². The number of hydrogen-bond acceptors (Lipinski definition) is 3. The van der Waals surface area contributed by atoms with Crippen molar-refractivity contribution < 1.29 is 13.9 Å². The van der Waals surface area contributed by atoms with Gasteiger partial charge in [-0.2, -0.15) is 4.39 Å². The predicted octanol–water partition coefficient (Wildman–Crippen LogP) is 1.47. The number of carbonyl (C=O) groups excluding carboxylic acids is 1. The molecule has 1 aromatic rings. The molecule has 1 amide bonds. The molecule has 0 N–H and O–H groups in total. The van der Waals surface area contributed by atoms with Gasteiger partial charge in [0.15, 0.2) is 0 Å². The maximum atomic E-state index is 13.0. The van der Waals surface area contributed by atoms with E-state index >= 15 is 0 Å². The van der Waals surface area contributed by atoms with Gasteiger partial charge in [-0.1, -0.05) is 6.92 Å². The van der Waals surface area contributed by atoms with E-state index in [0.717, 1.165) is 6.42 Å². The Morgan fingerprint density at radius 1 is 1.71 bits per heavy atom. The molecule has 1 atom stereocenters. The number of rotatable bonds is 2. The molecule has 0 aromatic carbocycles. The summed E-state index contributed by atoms with van der Waals surface area (Å²) < 4.78 is 18.3. The number of morpholine rings is 1. The third-order valence-corrected chi connectivity index (χ3v) is 2.93. The number of hydrogen-bond donors (Lipinski definition) is 0. The fourth-order valence-electron chi connectivity index (χ4n) is 1.96. The van der Waals surface area contributed by atoms with E-state index in [2.05, 4.69) is 4.98 Å². The number of pyridine rings is 1. The summed E-state index contributed by atoms with van der Waals surface area (Å²) in [5, 5.41) is 0. The molecule has 0 bridgehead atoms. The summed E-state index contributed by atoms with van der Waals surface area (Å²) in [4.78, 5) is 17.4. The van der Waals surface area contributed by atoms with Gasteiger partial charge in [0.1, 0.15) is 0 Å². The third-order valence-electron chi connectivity index (χ3n) is 2.93. The summed E-state index contributed by atoms with van der Waals surface area (Å²) in [6, 6.07) is 2.78. The molecule has 1 saturated heterocycles. The molecule has 1 fully saturated rings. The largest absolute Gasteiger partial charge is 0.377 e. The van der Waals surface area contributed by atoms with E-state index in [1.54, 1.807) is 4.90 Å². The average molecular weight is 238 g/mol. The zero-order valence-corrected chi connectivity index (χ0v) is 9.73. The molecule has 92 valence electrons. The molecule has 2 rings (SSSR count). The van der Waals surface area contributed by atoms with E-state index < -0.39 is 5.95 Å². The molecule has 1 aliphatic rings. The second-order valence-electron chi connectivity index (χ2n) is 4.00. The SMILES string of the molecule is CCC1COCCN1C(=O)c1ccnc(F)c1. The molecule has 1 unspecified atom stereocenters. The number of nitrogens with zero attached hydrogens (tertiary/aromatic N) is 2. The zero-order valence-electron chi connectivity index (χ0n) is 9.73. The molecule has 0 radical (unpaired) electrons. The minimum Gasteiger partial charge on any atom is -0.377 e. The van der Waals surface area contributed by atoms with Crippen LogP contribution < -0.4 is 0 Å². The van der Waals surface area contributed by atoms with Gasteiger partial charge >= 0.3 is 0 Å². The van der Waals surface area contributed by atoms with E-state index in [4.69, 9.17) is 4.74 Å². The normalized spacial score (nSPS) is 20.4. The fourth-order valence-corrected chi connectivity index (χ4v) is 1.96. The van der Waals surface area contributed by atoms with Crippen LogP contribution in [0.15, 0.2) is 18.3 Å². The summed E-state index contributed by atoms with van der Waals surface area (Å²) >= 11 is 0.